The second-order valence-electron chi connectivity index (χ2n) is 3.89. The molecule has 0 saturated heterocycles. The standard InChI is InChI=1S/C12H23N3O2/c1-3-8-13-9-5-6-11-14-15-12(17-11)7-10-16-4-2/h13H,3-10H2,1-2H3. The summed E-state index contributed by atoms with van der Waals surface area (Å²) in [5.41, 5.74) is 0. The van der Waals surface area contributed by atoms with E-state index in [4.69, 9.17) is 9.15 Å². The normalized spacial score (nSPS) is 10.9. The van der Waals surface area contributed by atoms with E-state index in [9.17, 15) is 0 Å². The van der Waals surface area contributed by atoms with Gasteiger partial charge in [-0.3, -0.25) is 0 Å². The molecule has 0 fully saturated rings. The maximum Gasteiger partial charge on any atom is 0.218 e. The molecule has 0 atom stereocenters. The van der Waals surface area contributed by atoms with Crippen LogP contribution >= 0.6 is 0 Å². The van der Waals surface area contributed by atoms with Crippen LogP contribution in [-0.4, -0.2) is 36.5 Å². The molecule has 5 heteroatoms. The molecule has 17 heavy (non-hydrogen) atoms. The molecular formula is C12H23N3O2. The number of aromatic nitrogens is 2. The molecule has 0 aliphatic rings. The third-order valence-electron chi connectivity index (χ3n) is 2.34. The summed E-state index contributed by atoms with van der Waals surface area (Å²) in [4.78, 5) is 0. The molecule has 1 aromatic heterocycles. The Morgan fingerprint density at radius 3 is 2.59 bits per heavy atom. The monoisotopic (exact) mass is 241 g/mol. The molecule has 0 amide bonds. The topological polar surface area (TPSA) is 60.2 Å². The van der Waals surface area contributed by atoms with Crippen molar-refractivity contribution in [3.05, 3.63) is 11.8 Å². The Morgan fingerprint density at radius 2 is 1.88 bits per heavy atom. The van der Waals surface area contributed by atoms with Crippen molar-refractivity contribution in [3.8, 4) is 0 Å². The van der Waals surface area contributed by atoms with Crippen LogP contribution in [0.15, 0.2) is 4.42 Å². The fourth-order valence-electron chi connectivity index (χ4n) is 1.46. The number of hydrogen-bond acceptors (Lipinski definition) is 5. The van der Waals surface area contributed by atoms with Crippen LogP contribution in [0.2, 0.25) is 0 Å². The summed E-state index contributed by atoms with van der Waals surface area (Å²) >= 11 is 0. The van der Waals surface area contributed by atoms with Crippen molar-refractivity contribution < 1.29 is 9.15 Å². The highest BCUT2D eigenvalue weighted by atomic mass is 16.5. The third kappa shape index (κ3) is 6.38. The van der Waals surface area contributed by atoms with Crippen LogP contribution in [0.4, 0.5) is 0 Å². The van der Waals surface area contributed by atoms with Crippen molar-refractivity contribution >= 4 is 0 Å². The van der Waals surface area contributed by atoms with Crippen LogP contribution in [0.25, 0.3) is 0 Å². The Hall–Kier alpha value is -0.940. The molecule has 0 saturated carbocycles. The second-order valence-corrected chi connectivity index (χ2v) is 3.89. The van der Waals surface area contributed by atoms with Gasteiger partial charge in [0.05, 0.1) is 6.61 Å². The van der Waals surface area contributed by atoms with Crippen molar-refractivity contribution in [2.75, 3.05) is 26.3 Å². The molecule has 1 N–H and O–H groups in total. The zero-order chi connectivity index (χ0) is 12.3. The van der Waals surface area contributed by atoms with Gasteiger partial charge in [-0.25, -0.2) is 0 Å². The molecule has 0 aliphatic carbocycles. The van der Waals surface area contributed by atoms with Gasteiger partial charge >= 0.3 is 0 Å². The summed E-state index contributed by atoms with van der Waals surface area (Å²) in [6, 6.07) is 0. The minimum Gasteiger partial charge on any atom is -0.425 e. The quantitative estimate of drug-likeness (QED) is 0.630. The van der Waals surface area contributed by atoms with E-state index in [-0.39, 0.29) is 0 Å². The molecule has 0 unspecified atom stereocenters. The number of ether oxygens (including phenoxy) is 1. The Balaban J connectivity index is 2.12. The summed E-state index contributed by atoms with van der Waals surface area (Å²) in [6.45, 7) is 7.59. The van der Waals surface area contributed by atoms with Crippen molar-refractivity contribution in [2.24, 2.45) is 0 Å². The molecule has 1 rings (SSSR count). The lowest BCUT2D eigenvalue weighted by Crippen LogP contribution is -2.16. The Kier molecular flexibility index (Phi) is 7.58. The van der Waals surface area contributed by atoms with Gasteiger partial charge in [0.2, 0.25) is 11.8 Å². The SMILES string of the molecule is CCCNCCCc1nnc(CCOCC)o1. The van der Waals surface area contributed by atoms with Crippen LogP contribution < -0.4 is 5.32 Å². The maximum atomic E-state index is 5.51. The number of nitrogens with one attached hydrogen (secondary N) is 1. The fraction of sp³-hybridized carbons (Fsp3) is 0.833. The smallest absolute Gasteiger partial charge is 0.218 e. The first kappa shape index (κ1) is 14.1. The van der Waals surface area contributed by atoms with Crippen LogP contribution in [-0.2, 0) is 17.6 Å². The molecule has 0 aromatic carbocycles. The number of nitrogens with zero attached hydrogens (tertiary/aromatic N) is 2. The summed E-state index contributed by atoms with van der Waals surface area (Å²) in [7, 11) is 0. The largest absolute Gasteiger partial charge is 0.425 e. The highest BCUT2D eigenvalue weighted by Crippen LogP contribution is 2.03. The van der Waals surface area contributed by atoms with Crippen molar-refractivity contribution in [2.45, 2.75) is 39.5 Å². The first-order chi connectivity index (χ1) is 8.36. The summed E-state index contributed by atoms with van der Waals surface area (Å²) in [5.74, 6) is 1.41. The third-order valence-corrected chi connectivity index (χ3v) is 2.34. The second kappa shape index (κ2) is 9.13. The van der Waals surface area contributed by atoms with Crippen molar-refractivity contribution in [1.29, 1.82) is 0 Å². The minimum absolute atomic E-state index is 0.649. The van der Waals surface area contributed by atoms with E-state index in [2.05, 4.69) is 22.4 Å². The average molecular weight is 241 g/mol. The van der Waals surface area contributed by atoms with Crippen molar-refractivity contribution in [1.82, 2.24) is 15.5 Å². The molecular weight excluding hydrogens is 218 g/mol. The predicted octanol–water partition coefficient (Wildman–Crippen LogP) is 1.58. The molecule has 98 valence electrons. The van der Waals surface area contributed by atoms with E-state index in [0.29, 0.717) is 18.9 Å². The lowest BCUT2D eigenvalue weighted by molar-refractivity contribution is 0.145. The minimum atomic E-state index is 0.649. The highest BCUT2D eigenvalue weighted by molar-refractivity contribution is 4.82. The van der Waals surface area contributed by atoms with Gasteiger partial charge < -0.3 is 14.5 Å². The zero-order valence-electron chi connectivity index (χ0n) is 10.9. The molecule has 1 heterocycles. The lowest BCUT2D eigenvalue weighted by Gasteiger charge is -1.99. The first-order valence-electron chi connectivity index (χ1n) is 6.46. The van der Waals surface area contributed by atoms with Gasteiger partial charge in [0, 0.05) is 19.4 Å². The van der Waals surface area contributed by atoms with E-state index < -0.39 is 0 Å². The molecule has 0 radical (unpaired) electrons. The van der Waals surface area contributed by atoms with Crippen LogP contribution in [0.5, 0.6) is 0 Å². The number of hydrogen-bond donors (Lipinski definition) is 1. The van der Waals surface area contributed by atoms with Gasteiger partial charge in [0.1, 0.15) is 0 Å². The highest BCUT2D eigenvalue weighted by Gasteiger charge is 2.05. The van der Waals surface area contributed by atoms with Gasteiger partial charge in [0.15, 0.2) is 0 Å². The molecule has 0 spiro atoms. The number of rotatable bonds is 10. The molecule has 1 aromatic rings. The van der Waals surface area contributed by atoms with Gasteiger partial charge in [-0.1, -0.05) is 6.92 Å². The Bertz CT molecular complexity index is 289. The molecule has 0 bridgehead atoms. The molecule has 0 aliphatic heterocycles. The predicted molar refractivity (Wildman–Crippen MR) is 66.0 cm³/mol. The summed E-state index contributed by atoms with van der Waals surface area (Å²) in [5, 5.41) is 11.3. The fourth-order valence-corrected chi connectivity index (χ4v) is 1.46. The van der Waals surface area contributed by atoms with Gasteiger partial charge in [-0.15, -0.1) is 10.2 Å². The van der Waals surface area contributed by atoms with Crippen LogP contribution in [0.3, 0.4) is 0 Å². The van der Waals surface area contributed by atoms with E-state index in [1.165, 1.54) is 6.42 Å². The van der Waals surface area contributed by atoms with E-state index in [1.54, 1.807) is 0 Å². The average Bonchev–Trinajstić information content (AvgIpc) is 2.77. The summed E-state index contributed by atoms with van der Waals surface area (Å²) < 4.78 is 10.7. The van der Waals surface area contributed by atoms with Crippen LogP contribution in [0.1, 0.15) is 38.5 Å². The van der Waals surface area contributed by atoms with Gasteiger partial charge in [-0.2, -0.15) is 0 Å². The lowest BCUT2D eigenvalue weighted by atomic mass is 10.3. The van der Waals surface area contributed by atoms with Crippen molar-refractivity contribution in [3.63, 3.8) is 0 Å². The van der Waals surface area contributed by atoms with Gasteiger partial charge in [0.25, 0.3) is 0 Å². The van der Waals surface area contributed by atoms with E-state index in [0.717, 1.165) is 38.4 Å². The molecule has 5 nitrogen and oxygen atoms in total. The summed E-state index contributed by atoms with van der Waals surface area (Å²) in [6.07, 6.45) is 3.75. The first-order valence-corrected chi connectivity index (χ1v) is 6.46. The number of aryl methyl sites for hydroxylation is 1. The Labute approximate surface area is 103 Å². The van der Waals surface area contributed by atoms with Gasteiger partial charge in [-0.05, 0) is 32.9 Å². The van der Waals surface area contributed by atoms with E-state index in [1.807, 2.05) is 6.92 Å². The zero-order valence-corrected chi connectivity index (χ0v) is 10.9. The van der Waals surface area contributed by atoms with E-state index >= 15 is 0 Å². The van der Waals surface area contributed by atoms with Crippen LogP contribution in [0, 0.1) is 0 Å². The Morgan fingerprint density at radius 1 is 1.12 bits per heavy atom. The maximum absolute atomic E-state index is 5.51.